The van der Waals surface area contributed by atoms with Crippen LogP contribution in [0.3, 0.4) is 0 Å². The van der Waals surface area contributed by atoms with E-state index in [1.807, 2.05) is 49.5 Å². The van der Waals surface area contributed by atoms with Gasteiger partial charge in [0.05, 0.1) is 20.3 Å². The Balaban J connectivity index is 2.00. The number of likely N-dealkylation sites (N-methyl/N-ethyl adjacent to an activating group) is 1. The average Bonchev–Trinajstić information content (AvgIpc) is 2.65. The number of anilines is 1. The average molecular weight is 330 g/mol. The quantitative estimate of drug-likeness (QED) is 0.755. The van der Waals surface area contributed by atoms with Gasteiger partial charge in [-0.15, -0.1) is 0 Å². The van der Waals surface area contributed by atoms with Crippen LogP contribution < -0.4 is 24.6 Å². The normalized spacial score (nSPS) is 11.5. The molecular formula is C18H24N3O3+. The van der Waals surface area contributed by atoms with Crippen molar-refractivity contribution in [2.45, 2.75) is 13.0 Å². The highest BCUT2D eigenvalue weighted by molar-refractivity contribution is 5.61. The first-order valence-electron chi connectivity index (χ1n) is 7.67. The van der Waals surface area contributed by atoms with Crippen molar-refractivity contribution in [2.24, 2.45) is 5.11 Å². The zero-order chi connectivity index (χ0) is 17.5. The number of hydrogen-bond donors (Lipinski definition) is 1. The highest BCUT2D eigenvalue weighted by Crippen LogP contribution is 2.31. The highest BCUT2D eigenvalue weighted by atomic mass is 16.5. The third-order valence-electron chi connectivity index (χ3n) is 3.92. The molecular weight excluding hydrogens is 306 g/mol. The van der Waals surface area contributed by atoms with E-state index in [9.17, 15) is 0 Å². The topological polar surface area (TPSA) is 68.9 Å². The molecule has 24 heavy (non-hydrogen) atoms. The maximum Gasteiger partial charge on any atom is 0.171 e. The summed E-state index contributed by atoms with van der Waals surface area (Å²) in [4.78, 5) is 2.12. The van der Waals surface area contributed by atoms with Crippen LogP contribution in [0.2, 0.25) is 0 Å². The van der Waals surface area contributed by atoms with Gasteiger partial charge in [0.1, 0.15) is 18.1 Å². The molecule has 0 aliphatic carbocycles. The number of hydrogen-bond acceptors (Lipinski definition) is 5. The van der Waals surface area contributed by atoms with Crippen molar-refractivity contribution in [1.29, 1.82) is 0 Å². The molecule has 0 aromatic heterocycles. The molecule has 0 bridgehead atoms. The third-order valence-corrected chi connectivity index (χ3v) is 3.92. The molecule has 2 aromatic rings. The van der Waals surface area contributed by atoms with Gasteiger partial charge in [-0.1, -0.05) is 0 Å². The molecule has 0 aliphatic heterocycles. The lowest BCUT2D eigenvalue weighted by Crippen LogP contribution is -2.34. The summed E-state index contributed by atoms with van der Waals surface area (Å²) in [6, 6.07) is 13.4. The van der Waals surface area contributed by atoms with Crippen LogP contribution in [0.1, 0.15) is 6.92 Å². The van der Waals surface area contributed by atoms with E-state index in [4.69, 9.17) is 19.7 Å². The Bertz CT molecular complexity index is 674. The minimum absolute atomic E-state index is 0.164. The summed E-state index contributed by atoms with van der Waals surface area (Å²) < 4.78 is 16.3. The van der Waals surface area contributed by atoms with Crippen LogP contribution in [0.5, 0.6) is 17.2 Å². The van der Waals surface area contributed by atoms with Gasteiger partial charge in [-0.05, 0) is 48.4 Å². The van der Waals surface area contributed by atoms with Crippen LogP contribution >= 0.6 is 0 Å². The molecule has 1 atom stereocenters. The first-order valence-corrected chi connectivity index (χ1v) is 7.67. The summed E-state index contributed by atoms with van der Waals surface area (Å²) in [5.74, 6) is 2.26. The van der Waals surface area contributed by atoms with E-state index < -0.39 is 0 Å². The lowest BCUT2D eigenvalue weighted by Gasteiger charge is -2.27. The van der Waals surface area contributed by atoms with Crippen LogP contribution in [0.4, 0.5) is 11.4 Å². The highest BCUT2D eigenvalue weighted by Gasteiger charge is 2.14. The van der Waals surface area contributed by atoms with E-state index in [0.29, 0.717) is 18.0 Å². The second kappa shape index (κ2) is 8.19. The Hall–Kier alpha value is -2.76. The van der Waals surface area contributed by atoms with E-state index >= 15 is 0 Å². The van der Waals surface area contributed by atoms with Gasteiger partial charge in [0.2, 0.25) is 0 Å². The fraction of sp³-hybridized carbons (Fsp3) is 0.333. The van der Waals surface area contributed by atoms with Crippen molar-refractivity contribution in [1.82, 2.24) is 0 Å². The largest absolute Gasteiger partial charge is 0.497 e. The summed E-state index contributed by atoms with van der Waals surface area (Å²) in [5.41, 5.74) is 6.97. The second-order valence-corrected chi connectivity index (χ2v) is 5.43. The minimum atomic E-state index is 0.164. The first kappa shape index (κ1) is 17.6. The van der Waals surface area contributed by atoms with Crippen LogP contribution in [0.15, 0.2) is 47.6 Å². The summed E-state index contributed by atoms with van der Waals surface area (Å²) in [6.07, 6.45) is 0. The predicted octanol–water partition coefficient (Wildman–Crippen LogP) is 2.45. The van der Waals surface area contributed by atoms with E-state index in [-0.39, 0.29) is 6.04 Å². The van der Waals surface area contributed by atoms with E-state index in [1.165, 1.54) is 0 Å². The number of rotatable bonds is 8. The number of nitrogens with zero attached hydrogens (tertiary/aromatic N) is 2. The van der Waals surface area contributed by atoms with E-state index in [1.54, 1.807) is 14.2 Å². The molecule has 0 fully saturated rings. The molecule has 0 aliphatic rings. The maximum atomic E-state index is 5.84. The first-order chi connectivity index (χ1) is 11.6. The van der Waals surface area contributed by atoms with Crippen molar-refractivity contribution in [3.8, 4) is 17.2 Å². The van der Waals surface area contributed by atoms with Crippen molar-refractivity contribution in [3.05, 3.63) is 42.5 Å². The molecule has 0 saturated heterocycles. The van der Waals surface area contributed by atoms with Gasteiger partial charge in [-0.2, -0.15) is 5.53 Å². The molecule has 0 amide bonds. The summed E-state index contributed by atoms with van der Waals surface area (Å²) in [5, 5.41) is 3.70. The second-order valence-electron chi connectivity index (χ2n) is 5.43. The Morgan fingerprint density at radius 2 is 1.71 bits per heavy atom. The molecule has 6 heteroatoms. The molecule has 0 spiro atoms. The lowest BCUT2D eigenvalue weighted by molar-refractivity contribution is -0.210. The van der Waals surface area contributed by atoms with Crippen LogP contribution in [-0.4, -0.2) is 33.9 Å². The number of ether oxygens (including phenoxy) is 3. The molecule has 2 rings (SSSR count). The van der Waals surface area contributed by atoms with Crippen LogP contribution in [-0.2, 0) is 0 Å². The molecule has 128 valence electrons. The molecule has 0 radical (unpaired) electrons. The Morgan fingerprint density at radius 1 is 1.04 bits per heavy atom. The molecule has 0 heterocycles. The summed E-state index contributed by atoms with van der Waals surface area (Å²) >= 11 is 0. The Kier molecular flexibility index (Phi) is 6.01. The number of benzene rings is 2. The third kappa shape index (κ3) is 4.16. The SMILES string of the molecule is COc1ccc(OCC(C)N(C)c2ccc(N=[NH2+])c(OC)c2)cc1. The zero-order valence-electron chi connectivity index (χ0n) is 14.5. The monoisotopic (exact) mass is 330 g/mol. The maximum absolute atomic E-state index is 5.84. The van der Waals surface area contributed by atoms with Gasteiger partial charge in [0.25, 0.3) is 0 Å². The molecule has 2 aromatic carbocycles. The Morgan fingerprint density at radius 3 is 2.29 bits per heavy atom. The molecule has 2 N–H and O–H groups in total. The standard InChI is InChI=1S/C18H23N3O3/c1-13(12-24-16-8-6-15(22-3)7-9-16)21(2)14-5-10-17(20-19)18(11-14)23-4/h5-11,13,19H,12H2,1-4H3/p+1. The lowest BCUT2D eigenvalue weighted by atomic mass is 10.2. The zero-order valence-corrected chi connectivity index (χ0v) is 14.5. The minimum Gasteiger partial charge on any atom is -0.497 e. The van der Waals surface area contributed by atoms with Crippen molar-refractivity contribution in [2.75, 3.05) is 32.8 Å². The van der Waals surface area contributed by atoms with Crippen molar-refractivity contribution >= 4 is 11.4 Å². The van der Waals surface area contributed by atoms with Crippen molar-refractivity contribution < 1.29 is 19.7 Å². The smallest absolute Gasteiger partial charge is 0.171 e. The number of methoxy groups -OCH3 is 2. The molecule has 1 unspecified atom stereocenters. The van der Waals surface area contributed by atoms with Crippen LogP contribution in [0, 0.1) is 0 Å². The van der Waals surface area contributed by atoms with Gasteiger partial charge in [0.15, 0.2) is 11.4 Å². The van der Waals surface area contributed by atoms with Crippen LogP contribution in [0.25, 0.3) is 0 Å². The fourth-order valence-corrected chi connectivity index (χ4v) is 2.25. The van der Waals surface area contributed by atoms with Gasteiger partial charge in [-0.25, -0.2) is 0 Å². The van der Waals surface area contributed by atoms with E-state index in [2.05, 4.69) is 16.9 Å². The molecule has 6 nitrogen and oxygen atoms in total. The summed E-state index contributed by atoms with van der Waals surface area (Å²) in [6.45, 7) is 2.64. The molecule has 0 saturated carbocycles. The fourth-order valence-electron chi connectivity index (χ4n) is 2.25. The van der Waals surface area contributed by atoms with Gasteiger partial charge in [-0.3, -0.25) is 0 Å². The Labute approximate surface area is 142 Å². The van der Waals surface area contributed by atoms with Gasteiger partial charge >= 0.3 is 0 Å². The summed E-state index contributed by atoms with van der Waals surface area (Å²) in [7, 11) is 5.25. The van der Waals surface area contributed by atoms with Gasteiger partial charge in [0, 0.05) is 18.8 Å². The number of nitrogens with two attached hydrogens (primary N) is 1. The van der Waals surface area contributed by atoms with Crippen molar-refractivity contribution in [3.63, 3.8) is 0 Å². The van der Waals surface area contributed by atoms with Gasteiger partial charge < -0.3 is 19.1 Å². The van der Waals surface area contributed by atoms with E-state index in [0.717, 1.165) is 17.2 Å². The predicted molar refractivity (Wildman–Crippen MR) is 93.4 cm³/mol.